The van der Waals surface area contributed by atoms with Crippen LogP contribution in [-0.4, -0.2) is 54.7 Å². The lowest BCUT2D eigenvalue weighted by Crippen LogP contribution is -2.47. The van der Waals surface area contributed by atoms with E-state index < -0.39 is 6.10 Å². The number of hydrogen-bond acceptors (Lipinski definition) is 4. The molecule has 136 valence electrons. The van der Waals surface area contributed by atoms with Gasteiger partial charge in [-0.1, -0.05) is 6.07 Å². The van der Waals surface area contributed by atoms with Crippen LogP contribution in [0.1, 0.15) is 32.1 Å². The first kappa shape index (κ1) is 16.9. The van der Waals surface area contributed by atoms with Crippen molar-refractivity contribution >= 4 is 17.3 Å². The van der Waals surface area contributed by atoms with E-state index >= 15 is 0 Å². The SMILES string of the molecule is O=C(Nc1cccc(N2CCN(CC3CC3)CC2)c1)C1CCCC1O. The molecule has 2 atom stereocenters. The Labute approximate surface area is 150 Å². The lowest BCUT2D eigenvalue weighted by molar-refractivity contribution is -0.122. The first-order chi connectivity index (χ1) is 12.2. The van der Waals surface area contributed by atoms with Crippen LogP contribution < -0.4 is 10.2 Å². The summed E-state index contributed by atoms with van der Waals surface area (Å²) in [4.78, 5) is 17.4. The van der Waals surface area contributed by atoms with Crippen LogP contribution >= 0.6 is 0 Å². The molecule has 1 aromatic carbocycles. The van der Waals surface area contributed by atoms with Gasteiger partial charge in [0.15, 0.2) is 0 Å². The van der Waals surface area contributed by atoms with E-state index in [4.69, 9.17) is 0 Å². The summed E-state index contributed by atoms with van der Waals surface area (Å²) in [5.74, 6) is 0.655. The Morgan fingerprint density at radius 1 is 1.12 bits per heavy atom. The van der Waals surface area contributed by atoms with E-state index in [0.29, 0.717) is 0 Å². The molecule has 1 saturated heterocycles. The highest BCUT2D eigenvalue weighted by Crippen LogP contribution is 2.31. The van der Waals surface area contributed by atoms with Gasteiger partial charge in [-0.2, -0.15) is 0 Å². The van der Waals surface area contributed by atoms with Gasteiger partial charge in [-0.15, -0.1) is 0 Å². The highest BCUT2D eigenvalue weighted by molar-refractivity contribution is 5.93. The minimum atomic E-state index is -0.484. The number of benzene rings is 1. The summed E-state index contributed by atoms with van der Waals surface area (Å²) in [5, 5.41) is 12.9. The Kier molecular flexibility index (Phi) is 4.95. The van der Waals surface area contributed by atoms with Gasteiger partial charge in [0.25, 0.3) is 0 Å². The van der Waals surface area contributed by atoms with Crippen molar-refractivity contribution in [2.75, 3.05) is 42.9 Å². The lowest BCUT2D eigenvalue weighted by atomic mass is 10.1. The van der Waals surface area contributed by atoms with E-state index in [2.05, 4.69) is 27.2 Å². The van der Waals surface area contributed by atoms with Crippen molar-refractivity contribution < 1.29 is 9.90 Å². The highest BCUT2D eigenvalue weighted by Gasteiger charge is 2.31. The van der Waals surface area contributed by atoms with Crippen molar-refractivity contribution in [2.45, 2.75) is 38.2 Å². The van der Waals surface area contributed by atoms with E-state index in [9.17, 15) is 9.90 Å². The number of amides is 1. The standard InChI is InChI=1S/C20H29N3O2/c24-19-6-2-5-18(19)20(25)21-16-3-1-4-17(13-16)23-11-9-22(10-12-23)14-15-7-8-15/h1,3-4,13,15,18-19,24H,2,5-12,14H2,(H,21,25). The van der Waals surface area contributed by atoms with E-state index in [1.807, 2.05) is 12.1 Å². The summed E-state index contributed by atoms with van der Waals surface area (Å²) in [6.07, 6.45) is 4.81. The molecule has 0 radical (unpaired) electrons. The highest BCUT2D eigenvalue weighted by atomic mass is 16.3. The Hall–Kier alpha value is -1.59. The zero-order chi connectivity index (χ0) is 17.2. The predicted molar refractivity (Wildman–Crippen MR) is 99.8 cm³/mol. The summed E-state index contributed by atoms with van der Waals surface area (Å²) >= 11 is 0. The summed E-state index contributed by atoms with van der Waals surface area (Å²) < 4.78 is 0. The van der Waals surface area contributed by atoms with Gasteiger partial charge in [-0.25, -0.2) is 0 Å². The fourth-order valence-electron chi connectivity index (χ4n) is 4.12. The number of hydrogen-bond donors (Lipinski definition) is 2. The molecule has 1 aromatic rings. The molecule has 3 aliphatic rings. The zero-order valence-electron chi connectivity index (χ0n) is 14.9. The topological polar surface area (TPSA) is 55.8 Å². The molecule has 2 aliphatic carbocycles. The van der Waals surface area contributed by atoms with E-state index in [-0.39, 0.29) is 11.8 Å². The van der Waals surface area contributed by atoms with Gasteiger partial charge in [-0.05, 0) is 56.2 Å². The number of nitrogens with zero attached hydrogens (tertiary/aromatic N) is 2. The van der Waals surface area contributed by atoms with Crippen LogP contribution in [0.3, 0.4) is 0 Å². The van der Waals surface area contributed by atoms with Crippen LogP contribution in [0.25, 0.3) is 0 Å². The fourth-order valence-corrected chi connectivity index (χ4v) is 4.12. The second-order valence-electron chi connectivity index (χ2n) is 7.88. The van der Waals surface area contributed by atoms with Crippen molar-refractivity contribution in [2.24, 2.45) is 11.8 Å². The number of nitrogens with one attached hydrogen (secondary N) is 1. The van der Waals surface area contributed by atoms with Crippen molar-refractivity contribution in [1.29, 1.82) is 0 Å². The number of carbonyl (C=O) groups is 1. The third kappa shape index (κ3) is 4.15. The lowest BCUT2D eigenvalue weighted by Gasteiger charge is -2.36. The average molecular weight is 343 g/mol. The number of aliphatic hydroxyl groups excluding tert-OH is 1. The monoisotopic (exact) mass is 343 g/mol. The molecular formula is C20H29N3O2. The van der Waals surface area contributed by atoms with Gasteiger partial charge in [0.05, 0.1) is 12.0 Å². The van der Waals surface area contributed by atoms with Gasteiger partial charge in [0, 0.05) is 44.1 Å². The van der Waals surface area contributed by atoms with Crippen molar-refractivity contribution in [3.63, 3.8) is 0 Å². The number of piperazine rings is 1. The minimum Gasteiger partial charge on any atom is -0.392 e. The molecule has 1 amide bonds. The second kappa shape index (κ2) is 7.34. The van der Waals surface area contributed by atoms with Crippen molar-refractivity contribution in [1.82, 2.24) is 4.90 Å². The molecule has 0 spiro atoms. The molecule has 5 nitrogen and oxygen atoms in total. The minimum absolute atomic E-state index is 0.0450. The fraction of sp³-hybridized carbons (Fsp3) is 0.650. The number of aliphatic hydroxyl groups is 1. The van der Waals surface area contributed by atoms with Gasteiger partial charge < -0.3 is 15.3 Å². The largest absolute Gasteiger partial charge is 0.392 e. The number of carbonyl (C=O) groups excluding carboxylic acids is 1. The Morgan fingerprint density at radius 3 is 2.60 bits per heavy atom. The number of anilines is 2. The average Bonchev–Trinajstić information content (AvgIpc) is 3.33. The van der Waals surface area contributed by atoms with Gasteiger partial charge in [-0.3, -0.25) is 9.69 Å². The molecule has 0 aromatic heterocycles. The maximum atomic E-state index is 12.4. The molecular weight excluding hydrogens is 314 g/mol. The van der Waals surface area contributed by atoms with E-state index in [0.717, 1.165) is 57.0 Å². The van der Waals surface area contributed by atoms with Crippen LogP contribution in [0.2, 0.25) is 0 Å². The maximum Gasteiger partial charge on any atom is 0.230 e. The summed E-state index contributed by atoms with van der Waals surface area (Å²) in [7, 11) is 0. The third-order valence-electron chi connectivity index (χ3n) is 5.88. The van der Waals surface area contributed by atoms with Gasteiger partial charge >= 0.3 is 0 Å². The van der Waals surface area contributed by atoms with Crippen molar-refractivity contribution in [3.8, 4) is 0 Å². The zero-order valence-corrected chi connectivity index (χ0v) is 14.9. The molecule has 2 saturated carbocycles. The molecule has 5 heteroatoms. The van der Waals surface area contributed by atoms with Crippen LogP contribution in [0.5, 0.6) is 0 Å². The molecule has 2 N–H and O–H groups in total. The normalized spacial score (nSPS) is 27.5. The van der Waals surface area contributed by atoms with Gasteiger partial charge in [0.1, 0.15) is 0 Å². The maximum absolute atomic E-state index is 12.4. The van der Waals surface area contributed by atoms with Gasteiger partial charge in [0.2, 0.25) is 5.91 Å². The molecule has 25 heavy (non-hydrogen) atoms. The third-order valence-corrected chi connectivity index (χ3v) is 5.88. The van der Waals surface area contributed by atoms with Crippen LogP contribution in [0, 0.1) is 11.8 Å². The molecule has 1 heterocycles. The Morgan fingerprint density at radius 2 is 1.92 bits per heavy atom. The summed E-state index contributed by atoms with van der Waals surface area (Å²) in [6, 6.07) is 8.13. The Bertz CT molecular complexity index is 609. The van der Waals surface area contributed by atoms with E-state index in [1.54, 1.807) is 0 Å². The quantitative estimate of drug-likeness (QED) is 0.861. The molecule has 4 rings (SSSR count). The smallest absolute Gasteiger partial charge is 0.230 e. The van der Waals surface area contributed by atoms with Crippen LogP contribution in [-0.2, 0) is 4.79 Å². The van der Waals surface area contributed by atoms with E-state index in [1.165, 1.54) is 25.1 Å². The molecule has 1 aliphatic heterocycles. The Balaban J connectivity index is 1.34. The van der Waals surface area contributed by atoms with Crippen molar-refractivity contribution in [3.05, 3.63) is 24.3 Å². The number of rotatable bonds is 5. The van der Waals surface area contributed by atoms with Crippen LogP contribution in [0.15, 0.2) is 24.3 Å². The predicted octanol–water partition coefficient (Wildman–Crippen LogP) is 2.32. The molecule has 3 fully saturated rings. The molecule has 0 bridgehead atoms. The first-order valence-electron chi connectivity index (χ1n) is 9.75. The summed E-state index contributed by atoms with van der Waals surface area (Å²) in [6.45, 7) is 5.62. The molecule has 2 unspecified atom stereocenters. The van der Waals surface area contributed by atoms with Crippen LogP contribution in [0.4, 0.5) is 11.4 Å². The first-order valence-corrected chi connectivity index (χ1v) is 9.75. The second-order valence-corrected chi connectivity index (χ2v) is 7.88. The summed E-state index contributed by atoms with van der Waals surface area (Å²) in [5.41, 5.74) is 2.01.